The first kappa shape index (κ1) is 21.0. The molecule has 0 atom stereocenters. The molecule has 3 aromatic rings. The number of hydrogen-bond donors (Lipinski definition) is 0. The maximum atomic E-state index is 13.2. The molecule has 0 unspecified atom stereocenters. The first-order chi connectivity index (χ1) is 16.2. The Labute approximate surface area is 194 Å². The number of fused-ring (bicyclic) bond motifs is 1. The molecule has 1 saturated heterocycles. The van der Waals surface area contributed by atoms with Gasteiger partial charge in [-0.2, -0.15) is 5.26 Å². The van der Waals surface area contributed by atoms with Crippen LogP contribution in [0.3, 0.4) is 0 Å². The Balaban J connectivity index is 1.24. The van der Waals surface area contributed by atoms with E-state index in [1.807, 2.05) is 17.0 Å². The first-order valence-corrected chi connectivity index (χ1v) is 11.5. The molecule has 33 heavy (non-hydrogen) atoms. The smallest absolute Gasteiger partial charge is 0.253 e. The Bertz CT molecular complexity index is 1180. The van der Waals surface area contributed by atoms with Crippen LogP contribution in [0.2, 0.25) is 0 Å². The fourth-order valence-corrected chi connectivity index (χ4v) is 4.78. The minimum absolute atomic E-state index is 0.0638. The van der Waals surface area contributed by atoms with Crippen LogP contribution >= 0.6 is 0 Å². The normalized spacial score (nSPS) is 16.0. The zero-order chi connectivity index (χ0) is 22.6. The fraction of sp³-hybridized carbons (Fsp3) is 0.296. The summed E-state index contributed by atoms with van der Waals surface area (Å²) in [5.74, 6) is 0.774. The van der Waals surface area contributed by atoms with Crippen LogP contribution in [0.1, 0.15) is 33.5 Å². The summed E-state index contributed by atoms with van der Waals surface area (Å²) < 4.78 is 0. The van der Waals surface area contributed by atoms with Crippen molar-refractivity contribution in [1.29, 1.82) is 5.26 Å². The van der Waals surface area contributed by atoms with Crippen molar-refractivity contribution in [3.05, 3.63) is 89.1 Å². The van der Waals surface area contributed by atoms with Crippen LogP contribution < -0.4 is 9.80 Å². The standard InChI is InChI=1S/C27H27N5O/c28-19-23-7-3-13-29-26(23)30-14-4-15-31(18-17-30)27(33)22-8-10-25(11-9-22)32-16-12-21-5-1-2-6-24(21)20-32/h1-3,5-11,13H,4,12,14-18,20H2. The number of carbonyl (C=O) groups is 1. The molecule has 0 bridgehead atoms. The van der Waals surface area contributed by atoms with Gasteiger partial charge in [0.05, 0.1) is 5.56 Å². The summed E-state index contributed by atoms with van der Waals surface area (Å²) in [6, 6.07) is 22.5. The number of aromatic nitrogens is 1. The largest absolute Gasteiger partial charge is 0.367 e. The summed E-state index contributed by atoms with van der Waals surface area (Å²) in [6.45, 7) is 4.67. The molecule has 2 aromatic carbocycles. The van der Waals surface area contributed by atoms with Crippen molar-refractivity contribution in [3.8, 4) is 6.07 Å². The minimum Gasteiger partial charge on any atom is -0.367 e. The maximum Gasteiger partial charge on any atom is 0.253 e. The molecule has 0 radical (unpaired) electrons. The van der Waals surface area contributed by atoms with Gasteiger partial charge in [-0.1, -0.05) is 24.3 Å². The van der Waals surface area contributed by atoms with Crippen molar-refractivity contribution < 1.29 is 4.79 Å². The van der Waals surface area contributed by atoms with E-state index >= 15 is 0 Å². The second-order valence-corrected chi connectivity index (χ2v) is 8.61. The van der Waals surface area contributed by atoms with Crippen molar-refractivity contribution >= 4 is 17.4 Å². The number of nitriles is 1. The molecule has 1 amide bonds. The van der Waals surface area contributed by atoms with Crippen molar-refractivity contribution in [2.45, 2.75) is 19.4 Å². The van der Waals surface area contributed by atoms with Gasteiger partial charge >= 0.3 is 0 Å². The molecule has 0 spiro atoms. The molecule has 6 nitrogen and oxygen atoms in total. The van der Waals surface area contributed by atoms with E-state index in [1.54, 1.807) is 18.3 Å². The Hall–Kier alpha value is -3.85. The Morgan fingerprint density at radius 1 is 0.848 bits per heavy atom. The number of benzene rings is 2. The van der Waals surface area contributed by atoms with Crippen LogP contribution in [0.5, 0.6) is 0 Å². The average molecular weight is 438 g/mol. The van der Waals surface area contributed by atoms with E-state index in [9.17, 15) is 10.1 Å². The van der Waals surface area contributed by atoms with Gasteiger partial charge in [-0.15, -0.1) is 0 Å². The summed E-state index contributed by atoms with van der Waals surface area (Å²) >= 11 is 0. The highest BCUT2D eigenvalue weighted by Crippen LogP contribution is 2.25. The van der Waals surface area contributed by atoms with Crippen molar-refractivity contribution in [1.82, 2.24) is 9.88 Å². The Kier molecular flexibility index (Phi) is 5.95. The third-order valence-electron chi connectivity index (χ3n) is 6.60. The molecule has 1 fully saturated rings. The molecule has 0 aliphatic carbocycles. The number of pyridine rings is 1. The van der Waals surface area contributed by atoms with E-state index in [2.05, 4.69) is 57.3 Å². The SMILES string of the molecule is N#Cc1cccnc1N1CCCN(C(=O)c2ccc(N3CCc4ccccc4C3)cc2)CC1. The van der Waals surface area contributed by atoms with Gasteiger partial charge < -0.3 is 14.7 Å². The predicted molar refractivity (Wildman–Crippen MR) is 129 cm³/mol. The quantitative estimate of drug-likeness (QED) is 0.623. The van der Waals surface area contributed by atoms with Crippen molar-refractivity contribution in [2.75, 3.05) is 42.5 Å². The van der Waals surface area contributed by atoms with Crippen LogP contribution in [0, 0.1) is 11.3 Å². The molecule has 3 heterocycles. The third kappa shape index (κ3) is 4.40. The number of carbonyl (C=O) groups excluding carboxylic acids is 1. The highest BCUT2D eigenvalue weighted by atomic mass is 16.2. The van der Waals surface area contributed by atoms with Gasteiger partial charge in [0.25, 0.3) is 5.91 Å². The lowest BCUT2D eigenvalue weighted by Gasteiger charge is -2.31. The van der Waals surface area contributed by atoms with Gasteiger partial charge in [0.2, 0.25) is 0 Å². The van der Waals surface area contributed by atoms with Crippen molar-refractivity contribution in [3.63, 3.8) is 0 Å². The van der Waals surface area contributed by atoms with Gasteiger partial charge in [0.15, 0.2) is 0 Å². The van der Waals surface area contributed by atoms with Crippen LogP contribution in [0.4, 0.5) is 11.5 Å². The second-order valence-electron chi connectivity index (χ2n) is 8.61. The Morgan fingerprint density at radius 2 is 1.67 bits per heavy atom. The molecular weight excluding hydrogens is 410 g/mol. The monoisotopic (exact) mass is 437 g/mol. The van der Waals surface area contributed by atoms with E-state index in [4.69, 9.17) is 0 Å². The van der Waals surface area contributed by atoms with Gasteiger partial charge in [-0.25, -0.2) is 4.98 Å². The molecule has 0 saturated carbocycles. The lowest BCUT2D eigenvalue weighted by molar-refractivity contribution is 0.0767. The van der Waals surface area contributed by atoms with E-state index in [0.717, 1.165) is 43.7 Å². The topological polar surface area (TPSA) is 63.5 Å². The average Bonchev–Trinajstić information content (AvgIpc) is 3.14. The van der Waals surface area contributed by atoms with Crippen LogP contribution in [-0.4, -0.2) is 48.5 Å². The maximum absolute atomic E-state index is 13.2. The molecule has 2 aliphatic rings. The Morgan fingerprint density at radius 3 is 2.48 bits per heavy atom. The van der Waals surface area contributed by atoms with Crippen molar-refractivity contribution in [2.24, 2.45) is 0 Å². The van der Waals surface area contributed by atoms with Gasteiger partial charge in [-0.3, -0.25) is 4.79 Å². The fourth-order valence-electron chi connectivity index (χ4n) is 4.78. The summed E-state index contributed by atoms with van der Waals surface area (Å²) in [4.78, 5) is 24.0. The summed E-state index contributed by atoms with van der Waals surface area (Å²) in [6.07, 6.45) is 3.61. The molecule has 5 rings (SSSR count). The van der Waals surface area contributed by atoms with E-state index in [0.29, 0.717) is 31.0 Å². The van der Waals surface area contributed by atoms with E-state index in [-0.39, 0.29) is 5.91 Å². The van der Waals surface area contributed by atoms with Gasteiger partial charge in [0.1, 0.15) is 11.9 Å². The van der Waals surface area contributed by atoms with Crippen LogP contribution in [0.25, 0.3) is 0 Å². The zero-order valence-corrected chi connectivity index (χ0v) is 18.7. The molecule has 1 aromatic heterocycles. The highest BCUT2D eigenvalue weighted by molar-refractivity contribution is 5.94. The van der Waals surface area contributed by atoms with Crippen LogP contribution in [-0.2, 0) is 13.0 Å². The predicted octanol–water partition coefficient (Wildman–Crippen LogP) is 3.87. The number of amides is 1. The molecule has 2 aliphatic heterocycles. The molecule has 6 heteroatoms. The highest BCUT2D eigenvalue weighted by Gasteiger charge is 2.23. The van der Waals surface area contributed by atoms with E-state index in [1.165, 1.54) is 11.1 Å². The van der Waals surface area contributed by atoms with Crippen LogP contribution in [0.15, 0.2) is 66.9 Å². The molecule has 166 valence electrons. The number of nitrogens with zero attached hydrogens (tertiary/aromatic N) is 5. The van der Waals surface area contributed by atoms with Gasteiger partial charge in [0, 0.05) is 56.7 Å². The lowest BCUT2D eigenvalue weighted by Crippen LogP contribution is -2.35. The third-order valence-corrected chi connectivity index (χ3v) is 6.60. The summed E-state index contributed by atoms with van der Waals surface area (Å²) in [5, 5.41) is 9.39. The number of rotatable bonds is 3. The zero-order valence-electron chi connectivity index (χ0n) is 18.7. The number of hydrogen-bond acceptors (Lipinski definition) is 5. The lowest BCUT2D eigenvalue weighted by atomic mass is 9.99. The first-order valence-electron chi connectivity index (χ1n) is 11.5. The molecular formula is C27H27N5O. The molecule has 0 N–H and O–H groups in total. The summed E-state index contributed by atoms with van der Waals surface area (Å²) in [7, 11) is 0. The van der Waals surface area contributed by atoms with E-state index < -0.39 is 0 Å². The minimum atomic E-state index is 0.0638. The number of anilines is 2. The second kappa shape index (κ2) is 9.33. The summed E-state index contributed by atoms with van der Waals surface area (Å²) in [5.41, 5.74) is 5.27. The van der Waals surface area contributed by atoms with Gasteiger partial charge in [-0.05, 0) is 60.4 Å².